The molecule has 2 rings (SSSR count). The molecular formula is C19H25NO. The first-order valence-corrected chi connectivity index (χ1v) is 7.41. The van der Waals surface area contributed by atoms with E-state index in [1.807, 2.05) is 32.9 Å². The molecule has 2 nitrogen and oxygen atoms in total. The number of pyridine rings is 1. The maximum atomic E-state index is 5.79. The van der Waals surface area contributed by atoms with E-state index >= 15 is 0 Å². The standard InChI is InChI=1S/C19H25NO/c1-18(2,3)15-9-7-14(8-10-15)17-12-11-16(13-20-17)21-19(4,5)6/h7-13H,1-6H3. The zero-order chi connectivity index (χ0) is 15.7. The van der Waals surface area contributed by atoms with Gasteiger partial charge in [-0.1, -0.05) is 45.0 Å². The van der Waals surface area contributed by atoms with Crippen LogP contribution in [0.4, 0.5) is 0 Å². The number of nitrogens with zero attached hydrogens (tertiary/aromatic N) is 1. The van der Waals surface area contributed by atoms with Crippen molar-refractivity contribution in [3.63, 3.8) is 0 Å². The van der Waals surface area contributed by atoms with Crippen molar-refractivity contribution in [1.82, 2.24) is 4.98 Å². The number of hydrogen-bond acceptors (Lipinski definition) is 2. The molecule has 0 aliphatic heterocycles. The summed E-state index contributed by atoms with van der Waals surface area (Å²) >= 11 is 0. The lowest BCUT2D eigenvalue weighted by atomic mass is 9.86. The van der Waals surface area contributed by atoms with Crippen LogP contribution in [0.5, 0.6) is 5.75 Å². The summed E-state index contributed by atoms with van der Waals surface area (Å²) in [6.45, 7) is 12.8. The third-order valence-electron chi connectivity index (χ3n) is 3.21. The summed E-state index contributed by atoms with van der Waals surface area (Å²) in [6, 6.07) is 12.6. The quantitative estimate of drug-likeness (QED) is 0.753. The highest BCUT2D eigenvalue weighted by atomic mass is 16.5. The molecule has 0 unspecified atom stereocenters. The third kappa shape index (κ3) is 4.32. The van der Waals surface area contributed by atoms with E-state index in [1.165, 1.54) is 5.56 Å². The van der Waals surface area contributed by atoms with Crippen molar-refractivity contribution >= 4 is 0 Å². The molecule has 0 spiro atoms. The van der Waals surface area contributed by atoms with E-state index in [2.05, 4.69) is 50.0 Å². The Morgan fingerprint density at radius 1 is 0.810 bits per heavy atom. The van der Waals surface area contributed by atoms with Crippen molar-refractivity contribution in [2.75, 3.05) is 0 Å². The summed E-state index contributed by atoms with van der Waals surface area (Å²) in [5.41, 5.74) is 3.41. The van der Waals surface area contributed by atoms with E-state index in [4.69, 9.17) is 4.74 Å². The number of ether oxygens (including phenoxy) is 1. The van der Waals surface area contributed by atoms with Crippen molar-refractivity contribution < 1.29 is 4.74 Å². The van der Waals surface area contributed by atoms with Gasteiger partial charge in [0.2, 0.25) is 0 Å². The predicted octanol–water partition coefficient (Wildman–Crippen LogP) is 5.22. The highest BCUT2D eigenvalue weighted by Gasteiger charge is 2.14. The molecule has 1 aromatic carbocycles. The van der Waals surface area contributed by atoms with E-state index in [1.54, 1.807) is 6.20 Å². The van der Waals surface area contributed by atoms with E-state index in [0.29, 0.717) is 0 Å². The molecule has 2 heteroatoms. The Morgan fingerprint density at radius 3 is 1.86 bits per heavy atom. The lowest BCUT2D eigenvalue weighted by Crippen LogP contribution is -2.22. The van der Waals surface area contributed by atoms with Crippen LogP contribution in [0, 0.1) is 0 Å². The summed E-state index contributed by atoms with van der Waals surface area (Å²) in [7, 11) is 0. The Hall–Kier alpha value is -1.83. The molecule has 0 aliphatic rings. The predicted molar refractivity (Wildman–Crippen MR) is 88.8 cm³/mol. The lowest BCUT2D eigenvalue weighted by molar-refractivity contribution is 0.130. The van der Waals surface area contributed by atoms with Crippen LogP contribution in [0.2, 0.25) is 0 Å². The second-order valence-electron chi connectivity index (χ2n) is 7.42. The largest absolute Gasteiger partial charge is 0.487 e. The average Bonchev–Trinajstić information content (AvgIpc) is 2.37. The normalized spacial score (nSPS) is 12.3. The maximum Gasteiger partial charge on any atom is 0.138 e. The molecule has 0 atom stereocenters. The fraction of sp³-hybridized carbons (Fsp3) is 0.421. The summed E-state index contributed by atoms with van der Waals surface area (Å²) in [4.78, 5) is 4.50. The zero-order valence-corrected chi connectivity index (χ0v) is 13.9. The van der Waals surface area contributed by atoms with Gasteiger partial charge in [-0.25, -0.2) is 0 Å². The molecule has 1 aromatic heterocycles. The second-order valence-corrected chi connectivity index (χ2v) is 7.42. The molecule has 0 radical (unpaired) electrons. The van der Waals surface area contributed by atoms with Crippen LogP contribution in [0.15, 0.2) is 42.6 Å². The molecule has 21 heavy (non-hydrogen) atoms. The number of aromatic nitrogens is 1. The van der Waals surface area contributed by atoms with Gasteiger partial charge in [-0.15, -0.1) is 0 Å². The fourth-order valence-corrected chi connectivity index (χ4v) is 2.11. The van der Waals surface area contributed by atoms with Crippen LogP contribution in [-0.4, -0.2) is 10.6 Å². The Labute approximate surface area is 128 Å². The van der Waals surface area contributed by atoms with Crippen molar-refractivity contribution in [2.45, 2.75) is 52.6 Å². The molecule has 0 bridgehead atoms. The van der Waals surface area contributed by atoms with Gasteiger partial charge in [0.1, 0.15) is 11.4 Å². The van der Waals surface area contributed by atoms with Gasteiger partial charge in [0.05, 0.1) is 11.9 Å². The van der Waals surface area contributed by atoms with Gasteiger partial charge in [0.15, 0.2) is 0 Å². The van der Waals surface area contributed by atoms with E-state index in [9.17, 15) is 0 Å². The smallest absolute Gasteiger partial charge is 0.138 e. The van der Waals surface area contributed by atoms with Crippen LogP contribution in [-0.2, 0) is 5.41 Å². The molecule has 0 saturated heterocycles. The summed E-state index contributed by atoms with van der Waals surface area (Å²) < 4.78 is 5.79. The van der Waals surface area contributed by atoms with Crippen molar-refractivity contribution in [2.24, 2.45) is 0 Å². The molecule has 0 fully saturated rings. The Morgan fingerprint density at radius 2 is 1.43 bits per heavy atom. The summed E-state index contributed by atoms with van der Waals surface area (Å²) in [5, 5.41) is 0. The zero-order valence-electron chi connectivity index (χ0n) is 13.9. The maximum absolute atomic E-state index is 5.79. The van der Waals surface area contributed by atoms with Crippen molar-refractivity contribution in [1.29, 1.82) is 0 Å². The SMILES string of the molecule is CC(C)(C)Oc1ccc(-c2ccc(C(C)(C)C)cc2)nc1. The minimum atomic E-state index is -0.197. The monoisotopic (exact) mass is 283 g/mol. The van der Waals surface area contributed by atoms with Gasteiger partial charge in [0, 0.05) is 5.56 Å². The average molecular weight is 283 g/mol. The van der Waals surface area contributed by atoms with Crippen LogP contribution in [0.3, 0.4) is 0 Å². The highest BCUT2D eigenvalue weighted by molar-refractivity contribution is 5.60. The van der Waals surface area contributed by atoms with E-state index in [-0.39, 0.29) is 11.0 Å². The minimum Gasteiger partial charge on any atom is -0.487 e. The topological polar surface area (TPSA) is 22.1 Å². The van der Waals surface area contributed by atoms with Gasteiger partial charge in [-0.05, 0) is 43.9 Å². The van der Waals surface area contributed by atoms with Gasteiger partial charge in [0.25, 0.3) is 0 Å². The van der Waals surface area contributed by atoms with Gasteiger partial charge < -0.3 is 4.74 Å². The van der Waals surface area contributed by atoms with Crippen LogP contribution in [0.1, 0.15) is 47.1 Å². The number of hydrogen-bond donors (Lipinski definition) is 0. The van der Waals surface area contributed by atoms with Crippen molar-refractivity contribution in [3.05, 3.63) is 48.2 Å². The molecule has 0 aliphatic carbocycles. The Kier molecular flexibility index (Phi) is 4.08. The lowest BCUT2D eigenvalue weighted by Gasteiger charge is -2.21. The fourth-order valence-electron chi connectivity index (χ4n) is 2.11. The van der Waals surface area contributed by atoms with E-state index in [0.717, 1.165) is 17.0 Å². The molecule has 0 N–H and O–H groups in total. The number of benzene rings is 1. The van der Waals surface area contributed by atoms with Gasteiger partial charge in [-0.3, -0.25) is 4.98 Å². The molecule has 112 valence electrons. The first kappa shape index (κ1) is 15.6. The molecule has 0 saturated carbocycles. The van der Waals surface area contributed by atoms with Crippen LogP contribution < -0.4 is 4.74 Å². The summed E-state index contributed by atoms with van der Waals surface area (Å²) in [5.74, 6) is 0.803. The van der Waals surface area contributed by atoms with Crippen molar-refractivity contribution in [3.8, 4) is 17.0 Å². The molecule has 0 amide bonds. The highest BCUT2D eigenvalue weighted by Crippen LogP contribution is 2.26. The van der Waals surface area contributed by atoms with Crippen LogP contribution in [0.25, 0.3) is 11.3 Å². The first-order valence-electron chi connectivity index (χ1n) is 7.41. The Bertz CT molecular complexity index is 583. The van der Waals surface area contributed by atoms with Gasteiger partial charge >= 0.3 is 0 Å². The third-order valence-corrected chi connectivity index (χ3v) is 3.21. The molecule has 1 heterocycles. The van der Waals surface area contributed by atoms with Gasteiger partial charge in [-0.2, -0.15) is 0 Å². The Balaban J connectivity index is 2.19. The summed E-state index contributed by atoms with van der Waals surface area (Å²) in [6.07, 6.45) is 1.79. The van der Waals surface area contributed by atoms with E-state index < -0.39 is 0 Å². The number of rotatable bonds is 2. The second kappa shape index (κ2) is 5.51. The molecular weight excluding hydrogens is 258 g/mol. The molecule has 2 aromatic rings. The first-order chi connectivity index (χ1) is 9.65. The minimum absolute atomic E-state index is 0.177. The van der Waals surface area contributed by atoms with Crippen LogP contribution >= 0.6 is 0 Å².